The van der Waals surface area contributed by atoms with Crippen molar-refractivity contribution in [3.05, 3.63) is 78.0 Å². The zero-order valence-electron chi connectivity index (χ0n) is 14.7. The molecule has 0 aliphatic heterocycles. The Morgan fingerprint density at radius 2 is 1.77 bits per heavy atom. The molecule has 0 spiro atoms. The molecule has 0 saturated carbocycles. The van der Waals surface area contributed by atoms with Crippen molar-refractivity contribution < 1.29 is 14.3 Å². The Bertz CT molecular complexity index is 878. The zero-order chi connectivity index (χ0) is 18.4. The standard InChI is InChI=1S/C21H20N2O3/c1-15-6-7-16(2)19(13-15)23-20(24)14-25-17-8-10-18(11-9-17)26-21-5-3-4-12-22-21/h3-13H,14H2,1-2H3,(H,23,24). The highest BCUT2D eigenvalue weighted by molar-refractivity contribution is 5.92. The molecule has 5 nitrogen and oxygen atoms in total. The van der Waals surface area contributed by atoms with Crippen molar-refractivity contribution >= 4 is 11.6 Å². The summed E-state index contributed by atoms with van der Waals surface area (Å²) in [4.78, 5) is 16.2. The van der Waals surface area contributed by atoms with E-state index in [1.54, 1.807) is 36.5 Å². The maximum atomic E-state index is 12.1. The number of rotatable bonds is 6. The van der Waals surface area contributed by atoms with Crippen LogP contribution in [0.3, 0.4) is 0 Å². The number of carbonyl (C=O) groups is 1. The van der Waals surface area contributed by atoms with E-state index in [1.165, 1.54) is 0 Å². The first-order chi connectivity index (χ1) is 12.6. The van der Waals surface area contributed by atoms with Crippen LogP contribution in [0.1, 0.15) is 11.1 Å². The lowest BCUT2D eigenvalue weighted by Crippen LogP contribution is -2.20. The minimum atomic E-state index is -0.201. The smallest absolute Gasteiger partial charge is 0.262 e. The van der Waals surface area contributed by atoms with E-state index >= 15 is 0 Å². The highest BCUT2D eigenvalue weighted by atomic mass is 16.5. The van der Waals surface area contributed by atoms with Crippen LogP contribution in [0.15, 0.2) is 66.9 Å². The molecule has 132 valence electrons. The number of nitrogens with zero attached hydrogens (tertiary/aromatic N) is 1. The molecular weight excluding hydrogens is 328 g/mol. The number of pyridine rings is 1. The van der Waals surface area contributed by atoms with Gasteiger partial charge in [-0.05, 0) is 61.4 Å². The molecule has 1 amide bonds. The molecule has 3 rings (SSSR count). The van der Waals surface area contributed by atoms with E-state index < -0.39 is 0 Å². The molecule has 0 atom stereocenters. The van der Waals surface area contributed by atoms with E-state index in [0.717, 1.165) is 16.8 Å². The normalized spacial score (nSPS) is 10.2. The lowest BCUT2D eigenvalue weighted by atomic mass is 10.1. The number of benzene rings is 2. The van der Waals surface area contributed by atoms with Gasteiger partial charge in [-0.2, -0.15) is 0 Å². The molecule has 0 fully saturated rings. The third-order valence-electron chi connectivity index (χ3n) is 3.72. The summed E-state index contributed by atoms with van der Waals surface area (Å²) in [5.74, 6) is 1.56. The summed E-state index contributed by atoms with van der Waals surface area (Å²) in [6, 6.07) is 18.4. The highest BCUT2D eigenvalue weighted by Crippen LogP contribution is 2.22. The molecule has 2 aromatic carbocycles. The van der Waals surface area contributed by atoms with Gasteiger partial charge in [0.25, 0.3) is 5.91 Å². The van der Waals surface area contributed by atoms with E-state index in [9.17, 15) is 4.79 Å². The molecule has 1 heterocycles. The molecule has 0 radical (unpaired) electrons. The summed E-state index contributed by atoms with van der Waals surface area (Å²) in [7, 11) is 0. The van der Waals surface area contributed by atoms with Gasteiger partial charge in [0, 0.05) is 18.0 Å². The molecule has 1 aromatic heterocycles. The summed E-state index contributed by atoms with van der Waals surface area (Å²) in [6.45, 7) is 3.88. The van der Waals surface area contributed by atoms with Crippen LogP contribution in [0.2, 0.25) is 0 Å². The summed E-state index contributed by atoms with van der Waals surface area (Å²) in [6.07, 6.45) is 1.67. The number of aryl methyl sites for hydroxylation is 2. The molecule has 1 N–H and O–H groups in total. The maximum absolute atomic E-state index is 12.1. The van der Waals surface area contributed by atoms with Crippen LogP contribution >= 0.6 is 0 Å². The topological polar surface area (TPSA) is 60.5 Å². The second-order valence-corrected chi connectivity index (χ2v) is 5.90. The van der Waals surface area contributed by atoms with Gasteiger partial charge in [-0.25, -0.2) is 4.98 Å². The highest BCUT2D eigenvalue weighted by Gasteiger charge is 2.07. The van der Waals surface area contributed by atoms with Gasteiger partial charge in [-0.1, -0.05) is 18.2 Å². The van der Waals surface area contributed by atoms with Gasteiger partial charge in [-0.15, -0.1) is 0 Å². The maximum Gasteiger partial charge on any atom is 0.262 e. The van der Waals surface area contributed by atoms with Crippen molar-refractivity contribution in [3.8, 4) is 17.4 Å². The molecule has 5 heteroatoms. The van der Waals surface area contributed by atoms with Gasteiger partial charge in [0.05, 0.1) is 0 Å². The van der Waals surface area contributed by atoms with Crippen molar-refractivity contribution in [2.75, 3.05) is 11.9 Å². The number of hydrogen-bond acceptors (Lipinski definition) is 4. The Balaban J connectivity index is 1.53. The lowest BCUT2D eigenvalue weighted by molar-refractivity contribution is -0.118. The molecule has 3 aromatic rings. The third kappa shape index (κ3) is 4.83. The Kier molecular flexibility index (Phi) is 5.49. The fraction of sp³-hybridized carbons (Fsp3) is 0.143. The van der Waals surface area contributed by atoms with Crippen molar-refractivity contribution in [2.45, 2.75) is 13.8 Å². The number of ether oxygens (including phenoxy) is 2. The van der Waals surface area contributed by atoms with Crippen LogP contribution in [0.25, 0.3) is 0 Å². The third-order valence-corrected chi connectivity index (χ3v) is 3.72. The fourth-order valence-electron chi connectivity index (χ4n) is 2.34. The first-order valence-electron chi connectivity index (χ1n) is 8.29. The molecule has 0 saturated heterocycles. The van der Waals surface area contributed by atoms with Gasteiger partial charge in [0.15, 0.2) is 6.61 Å². The van der Waals surface area contributed by atoms with Gasteiger partial charge in [0.1, 0.15) is 11.5 Å². The second kappa shape index (κ2) is 8.16. The Morgan fingerprint density at radius 1 is 1.00 bits per heavy atom. The van der Waals surface area contributed by atoms with Crippen LogP contribution in [0, 0.1) is 13.8 Å². The zero-order valence-corrected chi connectivity index (χ0v) is 14.7. The Morgan fingerprint density at radius 3 is 2.50 bits per heavy atom. The molecule has 26 heavy (non-hydrogen) atoms. The van der Waals surface area contributed by atoms with Crippen molar-refractivity contribution in [3.63, 3.8) is 0 Å². The second-order valence-electron chi connectivity index (χ2n) is 5.90. The summed E-state index contributed by atoms with van der Waals surface area (Å²) < 4.78 is 11.1. The largest absolute Gasteiger partial charge is 0.484 e. The van der Waals surface area contributed by atoms with Gasteiger partial charge in [0.2, 0.25) is 5.88 Å². The number of nitrogens with one attached hydrogen (secondary N) is 1. The van der Waals surface area contributed by atoms with E-state index in [0.29, 0.717) is 17.4 Å². The van der Waals surface area contributed by atoms with Crippen LogP contribution in [0.5, 0.6) is 17.4 Å². The number of aromatic nitrogens is 1. The number of amides is 1. The van der Waals surface area contributed by atoms with Crippen LogP contribution in [-0.4, -0.2) is 17.5 Å². The van der Waals surface area contributed by atoms with E-state index in [4.69, 9.17) is 9.47 Å². The molecule has 0 unspecified atom stereocenters. The fourth-order valence-corrected chi connectivity index (χ4v) is 2.34. The average molecular weight is 348 g/mol. The minimum absolute atomic E-state index is 0.0617. The molecular formula is C21H20N2O3. The first kappa shape index (κ1) is 17.5. The summed E-state index contributed by atoms with van der Waals surface area (Å²) in [5, 5.41) is 2.87. The van der Waals surface area contributed by atoms with E-state index in [1.807, 2.05) is 44.2 Å². The predicted molar refractivity (Wildman–Crippen MR) is 101 cm³/mol. The minimum Gasteiger partial charge on any atom is -0.484 e. The summed E-state index contributed by atoms with van der Waals surface area (Å²) >= 11 is 0. The summed E-state index contributed by atoms with van der Waals surface area (Å²) in [5.41, 5.74) is 2.91. The van der Waals surface area contributed by atoms with Gasteiger partial charge >= 0.3 is 0 Å². The first-order valence-corrected chi connectivity index (χ1v) is 8.29. The predicted octanol–water partition coefficient (Wildman–Crippen LogP) is 4.51. The van der Waals surface area contributed by atoms with Crippen molar-refractivity contribution in [2.24, 2.45) is 0 Å². The number of anilines is 1. The van der Waals surface area contributed by atoms with Gasteiger partial charge in [-0.3, -0.25) is 4.79 Å². The van der Waals surface area contributed by atoms with Crippen LogP contribution in [0.4, 0.5) is 5.69 Å². The Hall–Kier alpha value is -3.34. The van der Waals surface area contributed by atoms with Crippen LogP contribution < -0.4 is 14.8 Å². The average Bonchev–Trinajstić information content (AvgIpc) is 2.65. The number of carbonyl (C=O) groups excluding carboxylic acids is 1. The van der Waals surface area contributed by atoms with Crippen molar-refractivity contribution in [1.82, 2.24) is 4.98 Å². The lowest BCUT2D eigenvalue weighted by Gasteiger charge is -2.11. The SMILES string of the molecule is Cc1ccc(C)c(NC(=O)COc2ccc(Oc3ccccn3)cc2)c1. The van der Waals surface area contributed by atoms with Gasteiger partial charge < -0.3 is 14.8 Å². The van der Waals surface area contributed by atoms with Crippen molar-refractivity contribution in [1.29, 1.82) is 0 Å². The molecule has 0 bridgehead atoms. The molecule has 0 aliphatic rings. The number of hydrogen-bond donors (Lipinski definition) is 1. The Labute approximate surface area is 152 Å². The molecule has 0 aliphatic carbocycles. The van der Waals surface area contributed by atoms with E-state index in [2.05, 4.69) is 10.3 Å². The van der Waals surface area contributed by atoms with Crippen LogP contribution in [-0.2, 0) is 4.79 Å². The quantitative estimate of drug-likeness (QED) is 0.712. The van der Waals surface area contributed by atoms with E-state index in [-0.39, 0.29) is 12.5 Å². The monoisotopic (exact) mass is 348 g/mol.